The van der Waals surface area contributed by atoms with Gasteiger partial charge in [-0.3, -0.25) is 10.3 Å². The van der Waals surface area contributed by atoms with Gasteiger partial charge in [0.05, 0.1) is 5.70 Å². The van der Waals surface area contributed by atoms with Crippen molar-refractivity contribution in [2.24, 2.45) is 4.99 Å². The fourth-order valence-electron chi connectivity index (χ4n) is 0.889. The number of nitrogens with zero attached hydrogens (tertiary/aromatic N) is 1. The molecule has 0 atom stereocenters. The minimum absolute atomic E-state index is 0.580. The molecule has 1 N–H and O–H groups in total. The molecule has 1 aliphatic rings. The van der Waals surface area contributed by atoms with Crippen LogP contribution in [0, 0.1) is 0 Å². The number of hydrogen-bond donors (Lipinski definition) is 1. The molecule has 3 nitrogen and oxygen atoms in total. The minimum Gasteiger partial charge on any atom is -0.269 e. The predicted octanol–water partition coefficient (Wildman–Crippen LogP) is 1.62. The van der Waals surface area contributed by atoms with Crippen molar-refractivity contribution >= 4 is 5.84 Å². The normalized spacial score (nSPS) is 22.3. The van der Waals surface area contributed by atoms with Crippen LogP contribution in [-0.2, 0) is 4.84 Å². The van der Waals surface area contributed by atoms with E-state index in [9.17, 15) is 0 Å². The van der Waals surface area contributed by atoms with Gasteiger partial charge in [0.1, 0.15) is 12.4 Å². The number of hydroxylamine groups is 1. The van der Waals surface area contributed by atoms with Crippen LogP contribution in [0.25, 0.3) is 0 Å². The van der Waals surface area contributed by atoms with E-state index in [0.29, 0.717) is 6.61 Å². The summed E-state index contributed by atoms with van der Waals surface area (Å²) < 4.78 is 0. The monoisotopic (exact) mass is 154 g/mol. The fraction of sp³-hybridized carbons (Fsp3) is 0.625. The molecule has 1 aliphatic heterocycles. The largest absolute Gasteiger partial charge is 0.269 e. The predicted molar refractivity (Wildman–Crippen MR) is 45.2 cm³/mol. The van der Waals surface area contributed by atoms with Gasteiger partial charge in [0.2, 0.25) is 0 Å². The van der Waals surface area contributed by atoms with Gasteiger partial charge < -0.3 is 0 Å². The van der Waals surface area contributed by atoms with E-state index in [1.54, 1.807) is 0 Å². The van der Waals surface area contributed by atoms with Crippen molar-refractivity contribution < 1.29 is 4.84 Å². The second-order valence-corrected chi connectivity index (χ2v) is 2.67. The van der Waals surface area contributed by atoms with Crippen molar-refractivity contribution in [3.63, 3.8) is 0 Å². The second kappa shape index (κ2) is 3.53. The van der Waals surface area contributed by atoms with Crippen LogP contribution in [0.1, 0.15) is 27.2 Å². The maximum absolute atomic E-state index is 5.08. The molecule has 0 aromatic heterocycles. The third kappa shape index (κ3) is 2.05. The Morgan fingerprint density at radius 1 is 1.73 bits per heavy atom. The molecule has 0 saturated heterocycles. The highest BCUT2D eigenvalue weighted by molar-refractivity contribution is 5.80. The zero-order valence-corrected chi connectivity index (χ0v) is 7.27. The molecule has 0 aromatic carbocycles. The summed E-state index contributed by atoms with van der Waals surface area (Å²) in [5.41, 5.74) is 5.06. The minimum atomic E-state index is 0.580. The standard InChI is InChI=1S/C8H14N2O/c1-4-6(2)8-5-11-10-7(3)9-8/h4-5H2,1-3H3,(H,9,10)/b8-6+. The Labute approximate surface area is 67.1 Å². The van der Waals surface area contributed by atoms with Crippen LogP contribution in [0.15, 0.2) is 16.3 Å². The van der Waals surface area contributed by atoms with Crippen LogP contribution in [-0.4, -0.2) is 12.4 Å². The van der Waals surface area contributed by atoms with Crippen molar-refractivity contribution in [1.82, 2.24) is 5.48 Å². The molecule has 0 unspecified atom stereocenters. The van der Waals surface area contributed by atoms with E-state index in [-0.39, 0.29) is 0 Å². The Balaban J connectivity index is 2.80. The first kappa shape index (κ1) is 8.27. The summed E-state index contributed by atoms with van der Waals surface area (Å²) in [6.07, 6.45) is 1.04. The van der Waals surface area contributed by atoms with Gasteiger partial charge in [-0.25, -0.2) is 4.99 Å². The van der Waals surface area contributed by atoms with Crippen LogP contribution in [0.4, 0.5) is 0 Å². The quantitative estimate of drug-likeness (QED) is 0.622. The van der Waals surface area contributed by atoms with Gasteiger partial charge in [-0.1, -0.05) is 6.92 Å². The van der Waals surface area contributed by atoms with Gasteiger partial charge >= 0.3 is 0 Å². The number of aliphatic imine (C=N–C) groups is 1. The molecular formula is C8H14N2O. The topological polar surface area (TPSA) is 33.6 Å². The third-order valence-electron chi connectivity index (χ3n) is 1.75. The van der Waals surface area contributed by atoms with E-state index < -0.39 is 0 Å². The zero-order valence-electron chi connectivity index (χ0n) is 7.27. The van der Waals surface area contributed by atoms with Crippen LogP contribution in [0.5, 0.6) is 0 Å². The number of amidine groups is 1. The Morgan fingerprint density at radius 2 is 2.45 bits per heavy atom. The number of hydrogen-bond acceptors (Lipinski definition) is 3. The fourth-order valence-corrected chi connectivity index (χ4v) is 0.889. The lowest BCUT2D eigenvalue weighted by molar-refractivity contribution is 0.0953. The summed E-state index contributed by atoms with van der Waals surface area (Å²) in [5, 5.41) is 0. The van der Waals surface area contributed by atoms with E-state index in [4.69, 9.17) is 4.84 Å². The smallest absolute Gasteiger partial charge is 0.123 e. The number of allylic oxidation sites excluding steroid dienone is 1. The van der Waals surface area contributed by atoms with E-state index in [0.717, 1.165) is 18.0 Å². The Morgan fingerprint density at radius 3 is 3.00 bits per heavy atom. The molecule has 1 rings (SSSR count). The van der Waals surface area contributed by atoms with Crippen LogP contribution < -0.4 is 5.48 Å². The molecule has 0 amide bonds. The average molecular weight is 154 g/mol. The van der Waals surface area contributed by atoms with Crippen molar-refractivity contribution in [2.45, 2.75) is 27.2 Å². The summed E-state index contributed by atoms with van der Waals surface area (Å²) in [4.78, 5) is 9.39. The molecule has 0 radical (unpaired) electrons. The van der Waals surface area contributed by atoms with E-state index in [2.05, 4.69) is 24.3 Å². The van der Waals surface area contributed by atoms with Gasteiger partial charge in [0.15, 0.2) is 0 Å². The number of rotatable bonds is 1. The highest BCUT2D eigenvalue weighted by Gasteiger charge is 2.06. The Hall–Kier alpha value is -0.830. The maximum atomic E-state index is 5.08. The summed E-state index contributed by atoms with van der Waals surface area (Å²) in [6.45, 7) is 6.68. The van der Waals surface area contributed by atoms with E-state index >= 15 is 0 Å². The average Bonchev–Trinajstić information content (AvgIpc) is 2.03. The van der Waals surface area contributed by atoms with Crippen molar-refractivity contribution in [3.8, 4) is 0 Å². The van der Waals surface area contributed by atoms with Gasteiger partial charge in [0, 0.05) is 0 Å². The van der Waals surface area contributed by atoms with Crippen LogP contribution in [0.3, 0.4) is 0 Å². The molecular weight excluding hydrogens is 140 g/mol. The summed E-state index contributed by atoms with van der Waals surface area (Å²) in [7, 11) is 0. The summed E-state index contributed by atoms with van der Waals surface area (Å²) in [5.74, 6) is 0.832. The van der Waals surface area contributed by atoms with Gasteiger partial charge in [-0.2, -0.15) is 0 Å². The number of nitrogens with one attached hydrogen (secondary N) is 1. The molecule has 11 heavy (non-hydrogen) atoms. The first-order valence-electron chi connectivity index (χ1n) is 3.85. The Kier molecular flexibility index (Phi) is 2.65. The van der Waals surface area contributed by atoms with Crippen LogP contribution >= 0.6 is 0 Å². The lowest BCUT2D eigenvalue weighted by Crippen LogP contribution is -2.27. The highest BCUT2D eigenvalue weighted by Crippen LogP contribution is 2.11. The Bertz CT molecular complexity index is 206. The third-order valence-corrected chi connectivity index (χ3v) is 1.75. The van der Waals surface area contributed by atoms with Crippen molar-refractivity contribution in [3.05, 3.63) is 11.3 Å². The molecule has 0 bridgehead atoms. The SMILES string of the molecule is CC/C(C)=C1\CONC(C)=N1. The zero-order chi connectivity index (χ0) is 8.27. The van der Waals surface area contributed by atoms with Gasteiger partial charge in [-0.05, 0) is 25.8 Å². The van der Waals surface area contributed by atoms with Crippen LogP contribution in [0.2, 0.25) is 0 Å². The first-order valence-corrected chi connectivity index (χ1v) is 3.85. The molecule has 0 aromatic rings. The molecule has 0 saturated carbocycles. The van der Waals surface area contributed by atoms with Gasteiger partial charge in [-0.15, -0.1) is 0 Å². The van der Waals surface area contributed by atoms with Gasteiger partial charge in [0.25, 0.3) is 0 Å². The lowest BCUT2D eigenvalue weighted by Gasteiger charge is -2.15. The lowest BCUT2D eigenvalue weighted by atomic mass is 10.2. The molecule has 3 heteroatoms. The molecule has 0 spiro atoms. The second-order valence-electron chi connectivity index (χ2n) is 2.67. The molecule has 1 heterocycles. The van der Waals surface area contributed by atoms with E-state index in [1.807, 2.05) is 6.92 Å². The molecule has 62 valence electrons. The summed E-state index contributed by atoms with van der Waals surface area (Å²) in [6, 6.07) is 0. The van der Waals surface area contributed by atoms with E-state index in [1.165, 1.54) is 5.57 Å². The van der Waals surface area contributed by atoms with Crippen molar-refractivity contribution in [2.75, 3.05) is 6.61 Å². The highest BCUT2D eigenvalue weighted by atomic mass is 16.6. The first-order chi connectivity index (χ1) is 5.24. The molecule has 0 fully saturated rings. The molecule has 0 aliphatic carbocycles. The summed E-state index contributed by atoms with van der Waals surface area (Å²) >= 11 is 0. The van der Waals surface area contributed by atoms with Crippen molar-refractivity contribution in [1.29, 1.82) is 0 Å². The maximum Gasteiger partial charge on any atom is 0.123 e.